The molecule has 0 spiro atoms. The molecule has 140 valence electrons. The van der Waals surface area contributed by atoms with Gasteiger partial charge in [-0.1, -0.05) is 118 Å². The minimum Gasteiger partial charge on any atom is -0.209 e. The Morgan fingerprint density at radius 2 is 1.22 bits per heavy atom. The number of rotatable bonds is 2. The predicted molar refractivity (Wildman–Crippen MR) is 114 cm³/mol. The van der Waals surface area contributed by atoms with Gasteiger partial charge in [-0.3, -0.25) is 0 Å². The quantitative estimate of drug-likeness (QED) is 0.364. The lowest BCUT2D eigenvalue weighted by molar-refractivity contribution is 0.851. The van der Waals surface area contributed by atoms with E-state index in [2.05, 4.69) is 15.0 Å². The summed E-state index contributed by atoms with van der Waals surface area (Å²) in [5.74, 6) is -0.00566. The van der Waals surface area contributed by atoms with E-state index >= 15 is 0 Å². The Morgan fingerprint density at radius 1 is 0.667 bits per heavy atom. The molecule has 0 amide bonds. The van der Waals surface area contributed by atoms with E-state index < -0.39 is 7.59 Å². The zero-order chi connectivity index (χ0) is 19.8. The van der Waals surface area contributed by atoms with Crippen molar-refractivity contribution >= 4 is 69.6 Å². The Kier molecular flexibility index (Phi) is 6.12. The van der Waals surface area contributed by atoms with Crippen molar-refractivity contribution in [1.29, 1.82) is 0 Å². The summed E-state index contributed by atoms with van der Waals surface area (Å²) < 4.78 is -3.81. The van der Waals surface area contributed by atoms with E-state index in [0.717, 1.165) is 16.7 Å². The monoisotopic (exact) mass is 479 g/mol. The van der Waals surface area contributed by atoms with Crippen LogP contribution in [0.4, 0.5) is 0 Å². The maximum atomic E-state index is 5.98. The fourth-order valence-electron chi connectivity index (χ4n) is 2.46. The fraction of sp³-hybridized carbons (Fsp3) is 0.167. The fourth-order valence-corrected chi connectivity index (χ4v) is 2.97. The second kappa shape index (κ2) is 7.90. The molecule has 0 N–H and O–H groups in total. The highest BCUT2D eigenvalue weighted by Gasteiger charge is 2.34. The van der Waals surface area contributed by atoms with Crippen LogP contribution in [0.3, 0.4) is 0 Å². The molecule has 0 unspecified atom stereocenters. The minimum absolute atomic E-state index is 0.126. The number of hydrogen-bond acceptors (Lipinski definition) is 3. The molecule has 3 nitrogen and oxygen atoms in total. The first kappa shape index (κ1) is 20.9. The third-order valence-corrected chi connectivity index (χ3v) is 4.66. The summed E-state index contributed by atoms with van der Waals surface area (Å²) in [6.07, 6.45) is 0. The van der Waals surface area contributed by atoms with Crippen molar-refractivity contribution in [2.45, 2.75) is 14.5 Å². The van der Waals surface area contributed by atoms with E-state index in [0.29, 0.717) is 5.56 Å². The second-order valence-electron chi connectivity index (χ2n) is 5.72. The lowest BCUT2D eigenvalue weighted by Gasteiger charge is -2.17. The zero-order valence-electron chi connectivity index (χ0n) is 13.7. The van der Waals surface area contributed by atoms with Crippen LogP contribution in [-0.4, -0.2) is 15.0 Å². The molecule has 0 aliphatic heterocycles. The lowest BCUT2D eigenvalue weighted by atomic mass is 9.97. The topological polar surface area (TPSA) is 38.7 Å². The molecule has 0 saturated carbocycles. The molecule has 3 aromatic rings. The number of hydrogen-bond donors (Lipinski definition) is 0. The van der Waals surface area contributed by atoms with Gasteiger partial charge in [-0.2, -0.15) is 0 Å². The molecule has 0 aliphatic carbocycles. The van der Waals surface area contributed by atoms with Crippen molar-refractivity contribution in [3.8, 4) is 22.5 Å². The van der Waals surface area contributed by atoms with Gasteiger partial charge in [0, 0.05) is 5.56 Å². The first-order chi connectivity index (χ1) is 12.6. The van der Waals surface area contributed by atoms with E-state index in [1.807, 2.05) is 55.5 Å². The summed E-state index contributed by atoms with van der Waals surface area (Å²) in [4.78, 5) is 12.7. The number of benzene rings is 2. The van der Waals surface area contributed by atoms with Gasteiger partial charge in [0.1, 0.15) is 0 Å². The molecular weight excluding hydrogens is 471 g/mol. The molecule has 3 rings (SSSR count). The van der Waals surface area contributed by atoms with Crippen molar-refractivity contribution in [3.63, 3.8) is 0 Å². The van der Waals surface area contributed by atoms with Gasteiger partial charge in [-0.25, -0.2) is 15.0 Å². The first-order valence-corrected chi connectivity index (χ1v) is 9.89. The maximum absolute atomic E-state index is 5.98. The van der Waals surface area contributed by atoms with Crippen LogP contribution in [0.1, 0.15) is 17.2 Å². The Hall–Kier alpha value is -0.810. The number of aromatic nitrogens is 3. The highest BCUT2D eigenvalue weighted by Crippen LogP contribution is 2.41. The van der Waals surface area contributed by atoms with Crippen molar-refractivity contribution in [3.05, 3.63) is 65.7 Å². The van der Waals surface area contributed by atoms with E-state index in [-0.39, 0.29) is 17.5 Å². The third-order valence-electron chi connectivity index (χ3n) is 3.64. The van der Waals surface area contributed by atoms with Crippen LogP contribution >= 0.6 is 69.6 Å². The van der Waals surface area contributed by atoms with Crippen LogP contribution in [0.25, 0.3) is 22.5 Å². The highest BCUT2D eigenvalue weighted by molar-refractivity contribution is 6.67. The highest BCUT2D eigenvalue weighted by atomic mass is 35.6. The van der Waals surface area contributed by atoms with Gasteiger partial charge in [-0.05, 0) is 24.1 Å². The number of nitrogens with zero attached hydrogens (tertiary/aromatic N) is 3. The summed E-state index contributed by atoms with van der Waals surface area (Å²) in [6.45, 7) is 1.95. The predicted octanol–water partition coefficient (Wildman–Crippen LogP) is 7.17. The normalized spacial score (nSPS) is 12.3. The van der Waals surface area contributed by atoms with Crippen LogP contribution in [0.5, 0.6) is 0 Å². The molecule has 0 atom stereocenters. The molecular formula is C18H11Cl6N3. The van der Waals surface area contributed by atoms with Gasteiger partial charge in [0.15, 0.2) is 17.5 Å². The average molecular weight is 482 g/mol. The summed E-state index contributed by atoms with van der Waals surface area (Å²) in [7, 11) is 0. The molecule has 1 heterocycles. The molecule has 2 aromatic carbocycles. The number of alkyl halides is 6. The van der Waals surface area contributed by atoms with E-state index in [1.165, 1.54) is 0 Å². The number of aryl methyl sites for hydroxylation is 1. The van der Waals surface area contributed by atoms with E-state index in [1.54, 1.807) is 0 Å². The minimum atomic E-state index is -1.90. The zero-order valence-corrected chi connectivity index (χ0v) is 18.3. The smallest absolute Gasteiger partial charge is 0.209 e. The van der Waals surface area contributed by atoms with Crippen LogP contribution in [0.15, 0.2) is 48.5 Å². The van der Waals surface area contributed by atoms with Gasteiger partial charge in [0.2, 0.25) is 7.59 Å². The van der Waals surface area contributed by atoms with Crippen LogP contribution in [-0.2, 0) is 7.59 Å². The third kappa shape index (κ3) is 4.97. The molecule has 1 aromatic heterocycles. The Balaban J connectivity index is 2.29. The lowest BCUT2D eigenvalue weighted by Crippen LogP contribution is -2.17. The van der Waals surface area contributed by atoms with Crippen LogP contribution in [0.2, 0.25) is 0 Å². The molecule has 0 saturated heterocycles. The van der Waals surface area contributed by atoms with Crippen LogP contribution in [0, 0.1) is 6.92 Å². The van der Waals surface area contributed by atoms with Gasteiger partial charge in [0.05, 0.1) is 0 Å². The molecule has 0 fully saturated rings. The first-order valence-electron chi connectivity index (χ1n) is 7.62. The average Bonchev–Trinajstić information content (AvgIpc) is 2.60. The summed E-state index contributed by atoms with van der Waals surface area (Å²) >= 11 is 35.9. The Bertz CT molecular complexity index is 933. The number of halogens is 6. The van der Waals surface area contributed by atoms with Crippen LogP contribution < -0.4 is 0 Å². The van der Waals surface area contributed by atoms with Gasteiger partial charge in [0.25, 0.3) is 0 Å². The second-order valence-corrected chi connectivity index (χ2v) is 10.3. The standard InChI is InChI=1S/C18H11Cl6N3/c1-10-7-8-12(11-5-3-2-4-6-11)13(9-10)14-25-15(17(19,20)21)27-16(26-14)18(22,23)24/h2-9H,1H3. The molecule has 0 radical (unpaired) electrons. The van der Waals surface area contributed by atoms with E-state index in [9.17, 15) is 0 Å². The molecule has 9 heteroatoms. The summed E-state index contributed by atoms with van der Waals surface area (Å²) in [5, 5.41) is 0. The molecule has 27 heavy (non-hydrogen) atoms. The van der Waals surface area contributed by atoms with Crippen molar-refractivity contribution in [2.24, 2.45) is 0 Å². The SMILES string of the molecule is Cc1ccc(-c2ccccc2)c(-c2nc(C(Cl)(Cl)Cl)nc(C(Cl)(Cl)Cl)n2)c1. The molecule has 0 aliphatic rings. The summed E-state index contributed by atoms with van der Waals surface area (Å²) in [6, 6.07) is 15.6. The van der Waals surface area contributed by atoms with Gasteiger partial charge in [-0.15, -0.1) is 0 Å². The van der Waals surface area contributed by atoms with Crippen molar-refractivity contribution in [2.75, 3.05) is 0 Å². The van der Waals surface area contributed by atoms with Crippen molar-refractivity contribution < 1.29 is 0 Å². The van der Waals surface area contributed by atoms with E-state index in [4.69, 9.17) is 69.6 Å². The Morgan fingerprint density at radius 3 is 1.74 bits per heavy atom. The van der Waals surface area contributed by atoms with Gasteiger partial charge >= 0.3 is 0 Å². The maximum Gasteiger partial charge on any atom is 0.250 e. The summed E-state index contributed by atoms with van der Waals surface area (Å²) in [5.41, 5.74) is 3.56. The van der Waals surface area contributed by atoms with Gasteiger partial charge < -0.3 is 0 Å². The Labute approximate surface area is 186 Å². The largest absolute Gasteiger partial charge is 0.250 e. The van der Waals surface area contributed by atoms with Crippen molar-refractivity contribution in [1.82, 2.24) is 15.0 Å². The molecule has 0 bridgehead atoms.